The van der Waals surface area contributed by atoms with E-state index in [1.807, 2.05) is 20.8 Å². The van der Waals surface area contributed by atoms with Crippen LogP contribution in [-0.4, -0.2) is 33.8 Å². The predicted octanol–water partition coefficient (Wildman–Crippen LogP) is 1.84. The number of carbonyl (C=O) groups is 2. The van der Waals surface area contributed by atoms with Crippen LogP contribution in [0.3, 0.4) is 0 Å². The lowest BCUT2D eigenvalue weighted by Crippen LogP contribution is -2.35. The summed E-state index contributed by atoms with van der Waals surface area (Å²) in [7, 11) is 0. The fourth-order valence-corrected chi connectivity index (χ4v) is 1.77. The summed E-state index contributed by atoms with van der Waals surface area (Å²) in [6.07, 6.45) is -0.406. The molecule has 0 radical (unpaired) electrons. The number of rotatable bonds is 1. The van der Waals surface area contributed by atoms with E-state index < -0.39 is 11.7 Å². The molecule has 0 fully saturated rings. The van der Waals surface area contributed by atoms with Crippen molar-refractivity contribution in [2.45, 2.75) is 39.8 Å². The molecule has 0 bridgehead atoms. The smallest absolute Gasteiger partial charge is 0.416 e. The highest BCUT2D eigenvalue weighted by molar-refractivity contribution is 5.95. The lowest BCUT2D eigenvalue weighted by molar-refractivity contribution is 0.0583. The number of ether oxygens (including phenoxy) is 1. The first kappa shape index (κ1) is 12.6. The Bertz CT molecular complexity index is 499. The number of fused-ring (bicyclic) bond motifs is 1. The average molecular weight is 251 g/mol. The van der Waals surface area contributed by atoms with Crippen LogP contribution in [0.15, 0.2) is 6.07 Å². The van der Waals surface area contributed by atoms with E-state index in [4.69, 9.17) is 4.74 Å². The fourth-order valence-electron chi connectivity index (χ4n) is 1.77. The van der Waals surface area contributed by atoms with Gasteiger partial charge in [-0.25, -0.2) is 9.48 Å². The third-order valence-corrected chi connectivity index (χ3v) is 2.55. The lowest BCUT2D eigenvalue weighted by atomic mass is 10.2. The molecular weight excluding hydrogens is 234 g/mol. The number of anilines is 1. The molecule has 1 aromatic heterocycles. The predicted molar refractivity (Wildman–Crippen MR) is 65.8 cm³/mol. The summed E-state index contributed by atoms with van der Waals surface area (Å²) < 4.78 is 6.96. The van der Waals surface area contributed by atoms with Crippen molar-refractivity contribution in [2.75, 3.05) is 11.4 Å². The largest absolute Gasteiger partial charge is 0.443 e. The van der Waals surface area contributed by atoms with Crippen LogP contribution in [0.5, 0.6) is 0 Å². The van der Waals surface area contributed by atoms with Crippen molar-refractivity contribution in [1.29, 1.82) is 0 Å². The third-order valence-electron chi connectivity index (χ3n) is 2.55. The van der Waals surface area contributed by atoms with Gasteiger partial charge in [0.05, 0.1) is 13.1 Å². The Morgan fingerprint density at radius 1 is 1.33 bits per heavy atom. The van der Waals surface area contributed by atoms with E-state index in [1.165, 1.54) is 11.8 Å². The average Bonchev–Trinajstić information content (AvgIpc) is 2.71. The van der Waals surface area contributed by atoms with E-state index in [0.717, 1.165) is 0 Å². The minimum Gasteiger partial charge on any atom is -0.443 e. The van der Waals surface area contributed by atoms with Crippen molar-refractivity contribution in [3.05, 3.63) is 11.8 Å². The minimum atomic E-state index is -0.534. The van der Waals surface area contributed by atoms with Crippen LogP contribution in [0.25, 0.3) is 0 Å². The molecule has 18 heavy (non-hydrogen) atoms. The van der Waals surface area contributed by atoms with Crippen LogP contribution < -0.4 is 4.90 Å². The quantitative estimate of drug-likeness (QED) is 0.714. The van der Waals surface area contributed by atoms with Crippen LogP contribution in [0.4, 0.5) is 10.6 Å². The van der Waals surface area contributed by atoms with Crippen LogP contribution >= 0.6 is 0 Å². The van der Waals surface area contributed by atoms with Gasteiger partial charge in [-0.15, -0.1) is 0 Å². The van der Waals surface area contributed by atoms with Gasteiger partial charge in [-0.3, -0.25) is 9.69 Å². The second-order valence-electron chi connectivity index (χ2n) is 5.30. The molecule has 1 aromatic rings. The van der Waals surface area contributed by atoms with Gasteiger partial charge in [-0.05, 0) is 20.8 Å². The molecule has 6 nitrogen and oxygen atoms in total. The maximum Gasteiger partial charge on any atom is 0.416 e. The number of hydrogen-bond donors (Lipinski definition) is 0. The Morgan fingerprint density at radius 2 is 2.00 bits per heavy atom. The number of aromatic nitrogens is 2. The Morgan fingerprint density at radius 3 is 2.56 bits per heavy atom. The van der Waals surface area contributed by atoms with Crippen LogP contribution in [0.2, 0.25) is 0 Å². The van der Waals surface area contributed by atoms with Crippen molar-refractivity contribution in [3.63, 3.8) is 0 Å². The first-order chi connectivity index (χ1) is 8.28. The Kier molecular flexibility index (Phi) is 2.88. The van der Waals surface area contributed by atoms with Gasteiger partial charge >= 0.3 is 6.09 Å². The van der Waals surface area contributed by atoms with Crippen molar-refractivity contribution >= 4 is 17.7 Å². The van der Waals surface area contributed by atoms with Gasteiger partial charge in [0.2, 0.25) is 0 Å². The van der Waals surface area contributed by atoms with E-state index in [-0.39, 0.29) is 5.78 Å². The van der Waals surface area contributed by atoms with Crippen molar-refractivity contribution in [1.82, 2.24) is 9.78 Å². The van der Waals surface area contributed by atoms with Gasteiger partial charge in [0.15, 0.2) is 5.78 Å². The standard InChI is InChI=1S/C12H17N3O3/c1-8(16)9-7-10-14(5-6-15(10)13-9)11(17)18-12(2,3)4/h7H,5-6H2,1-4H3. The SMILES string of the molecule is CC(=O)c1cc2n(n1)CCN2C(=O)OC(C)(C)C. The Balaban J connectivity index is 2.20. The zero-order valence-electron chi connectivity index (χ0n) is 11.1. The summed E-state index contributed by atoms with van der Waals surface area (Å²) in [4.78, 5) is 24.7. The highest BCUT2D eigenvalue weighted by Crippen LogP contribution is 2.24. The monoisotopic (exact) mass is 251 g/mol. The molecule has 1 aliphatic rings. The van der Waals surface area contributed by atoms with Crippen molar-refractivity contribution in [3.8, 4) is 0 Å². The molecule has 0 atom stereocenters. The molecule has 1 amide bonds. The third kappa shape index (κ3) is 2.37. The normalized spacial score (nSPS) is 14.6. The summed E-state index contributed by atoms with van der Waals surface area (Å²) >= 11 is 0. The maximum atomic E-state index is 12.0. The van der Waals surface area contributed by atoms with Gasteiger partial charge in [0.25, 0.3) is 0 Å². The minimum absolute atomic E-state index is 0.110. The molecule has 1 aliphatic heterocycles. The van der Waals surface area contributed by atoms with E-state index in [0.29, 0.717) is 24.6 Å². The molecule has 6 heteroatoms. The molecule has 2 heterocycles. The number of Topliss-reactive ketones (excluding diaryl/α,β-unsaturated/α-hetero) is 1. The van der Waals surface area contributed by atoms with Gasteiger partial charge in [-0.2, -0.15) is 5.10 Å². The summed E-state index contributed by atoms with van der Waals surface area (Å²) in [5.41, 5.74) is -0.160. The zero-order valence-corrected chi connectivity index (χ0v) is 11.1. The highest BCUT2D eigenvalue weighted by atomic mass is 16.6. The summed E-state index contributed by atoms with van der Waals surface area (Å²) in [6.45, 7) is 8.02. The number of amides is 1. The van der Waals surface area contributed by atoms with Gasteiger partial charge < -0.3 is 4.74 Å². The molecule has 0 unspecified atom stereocenters. The first-order valence-corrected chi connectivity index (χ1v) is 5.87. The molecule has 2 rings (SSSR count). The Hall–Kier alpha value is -1.85. The number of carbonyl (C=O) groups excluding carboxylic acids is 2. The molecule has 0 N–H and O–H groups in total. The molecular formula is C12H17N3O3. The molecule has 98 valence electrons. The molecule has 0 saturated carbocycles. The lowest BCUT2D eigenvalue weighted by Gasteiger charge is -2.23. The topological polar surface area (TPSA) is 64.4 Å². The van der Waals surface area contributed by atoms with Crippen molar-refractivity contribution < 1.29 is 14.3 Å². The zero-order chi connectivity index (χ0) is 13.5. The second-order valence-corrected chi connectivity index (χ2v) is 5.30. The summed E-state index contributed by atoms with van der Waals surface area (Å²) in [5, 5.41) is 4.14. The molecule has 0 saturated heterocycles. The van der Waals surface area contributed by atoms with Gasteiger partial charge in [0, 0.05) is 13.0 Å². The van der Waals surface area contributed by atoms with Gasteiger partial charge in [0.1, 0.15) is 17.1 Å². The van der Waals surface area contributed by atoms with Crippen LogP contribution in [0, 0.1) is 0 Å². The Labute approximate surface area is 106 Å². The molecule has 0 spiro atoms. The van der Waals surface area contributed by atoms with Crippen LogP contribution in [0.1, 0.15) is 38.2 Å². The fraction of sp³-hybridized carbons (Fsp3) is 0.583. The molecule has 0 aromatic carbocycles. The van der Waals surface area contributed by atoms with Crippen LogP contribution in [-0.2, 0) is 11.3 Å². The number of ketones is 1. The summed E-state index contributed by atoms with van der Waals surface area (Å²) in [6, 6.07) is 1.62. The number of hydrogen-bond acceptors (Lipinski definition) is 4. The number of nitrogens with zero attached hydrogens (tertiary/aromatic N) is 3. The maximum absolute atomic E-state index is 12.0. The van der Waals surface area contributed by atoms with E-state index in [9.17, 15) is 9.59 Å². The van der Waals surface area contributed by atoms with Gasteiger partial charge in [-0.1, -0.05) is 0 Å². The first-order valence-electron chi connectivity index (χ1n) is 5.87. The summed E-state index contributed by atoms with van der Waals surface area (Å²) in [5.74, 6) is 0.510. The molecule has 0 aliphatic carbocycles. The second kappa shape index (κ2) is 4.12. The van der Waals surface area contributed by atoms with E-state index >= 15 is 0 Å². The highest BCUT2D eigenvalue weighted by Gasteiger charge is 2.30. The van der Waals surface area contributed by atoms with Crippen molar-refractivity contribution in [2.24, 2.45) is 0 Å². The van der Waals surface area contributed by atoms with E-state index in [1.54, 1.807) is 10.7 Å². The van der Waals surface area contributed by atoms with E-state index in [2.05, 4.69) is 5.10 Å².